The van der Waals surface area contributed by atoms with Crippen LogP contribution in [0.15, 0.2) is 42.7 Å². The molecule has 2 aromatic heterocycles. The topological polar surface area (TPSA) is 56.7 Å². The Morgan fingerprint density at radius 2 is 1.88 bits per heavy atom. The number of aryl methyl sites for hydroxylation is 1. The predicted octanol–water partition coefficient (Wildman–Crippen LogP) is 2.31. The summed E-state index contributed by atoms with van der Waals surface area (Å²) in [6.07, 6.45) is 3.71. The van der Waals surface area contributed by atoms with Gasteiger partial charge in [-0.1, -0.05) is 17.7 Å². The molecule has 4 nitrogen and oxygen atoms in total. The molecule has 0 amide bonds. The van der Waals surface area contributed by atoms with Gasteiger partial charge in [-0.2, -0.15) is 4.98 Å². The Labute approximate surface area is 98.7 Å². The van der Waals surface area contributed by atoms with Gasteiger partial charge in [0.05, 0.1) is 0 Å². The molecule has 0 fully saturated rings. The molecule has 3 aromatic rings. The average Bonchev–Trinajstić information content (AvgIpc) is 2.73. The third kappa shape index (κ3) is 1.63. The molecule has 0 radical (unpaired) electrons. The van der Waals surface area contributed by atoms with Crippen molar-refractivity contribution in [2.45, 2.75) is 6.92 Å². The summed E-state index contributed by atoms with van der Waals surface area (Å²) in [6.45, 7) is 2.07. The average molecular weight is 224 g/mol. The molecule has 0 saturated carbocycles. The van der Waals surface area contributed by atoms with Gasteiger partial charge in [-0.3, -0.25) is 0 Å². The molecule has 0 atom stereocenters. The van der Waals surface area contributed by atoms with Crippen molar-refractivity contribution >= 4 is 17.0 Å². The number of aromatic nitrogens is 3. The Morgan fingerprint density at radius 3 is 2.65 bits per heavy atom. The van der Waals surface area contributed by atoms with E-state index in [1.165, 1.54) is 5.56 Å². The highest BCUT2D eigenvalue weighted by Gasteiger charge is 2.05. The minimum absolute atomic E-state index is 0.296. The fourth-order valence-electron chi connectivity index (χ4n) is 1.85. The maximum atomic E-state index is 5.62. The van der Waals surface area contributed by atoms with E-state index < -0.39 is 0 Å². The Morgan fingerprint density at radius 1 is 1.12 bits per heavy atom. The molecule has 2 N–H and O–H groups in total. The summed E-state index contributed by atoms with van der Waals surface area (Å²) in [4.78, 5) is 8.25. The number of nitrogens with zero attached hydrogens (tertiary/aromatic N) is 3. The lowest BCUT2D eigenvalue weighted by Crippen LogP contribution is -1.98. The third-order valence-corrected chi connectivity index (χ3v) is 2.76. The molecular formula is C13H12N4. The zero-order valence-corrected chi connectivity index (χ0v) is 9.46. The smallest absolute Gasteiger partial charge is 0.221 e. The first-order valence-corrected chi connectivity index (χ1v) is 5.41. The van der Waals surface area contributed by atoms with Crippen LogP contribution in [-0.2, 0) is 0 Å². The number of benzene rings is 1. The van der Waals surface area contributed by atoms with Crippen LogP contribution in [0.5, 0.6) is 0 Å². The van der Waals surface area contributed by atoms with E-state index in [4.69, 9.17) is 5.73 Å². The van der Waals surface area contributed by atoms with Gasteiger partial charge in [-0.05, 0) is 25.1 Å². The van der Waals surface area contributed by atoms with E-state index in [1.54, 1.807) is 6.20 Å². The van der Waals surface area contributed by atoms with Crippen molar-refractivity contribution in [3.05, 3.63) is 48.3 Å². The number of hydrogen-bond donors (Lipinski definition) is 1. The minimum atomic E-state index is 0.296. The molecule has 3 rings (SSSR count). The molecule has 0 bridgehead atoms. The Kier molecular flexibility index (Phi) is 2.08. The molecule has 0 saturated heterocycles. The minimum Gasteiger partial charge on any atom is -0.368 e. The number of fused-ring (bicyclic) bond motifs is 1. The predicted molar refractivity (Wildman–Crippen MR) is 68.0 cm³/mol. The van der Waals surface area contributed by atoms with Crippen LogP contribution in [0.1, 0.15) is 5.56 Å². The van der Waals surface area contributed by atoms with Crippen LogP contribution < -0.4 is 5.73 Å². The van der Waals surface area contributed by atoms with Crippen LogP contribution in [0.2, 0.25) is 0 Å². The summed E-state index contributed by atoms with van der Waals surface area (Å²) >= 11 is 0. The van der Waals surface area contributed by atoms with Gasteiger partial charge in [0.25, 0.3) is 0 Å². The maximum absolute atomic E-state index is 5.62. The fourth-order valence-corrected chi connectivity index (χ4v) is 1.85. The molecule has 0 unspecified atom stereocenters. The van der Waals surface area contributed by atoms with Gasteiger partial charge in [-0.25, -0.2) is 4.98 Å². The molecular weight excluding hydrogens is 212 g/mol. The summed E-state index contributed by atoms with van der Waals surface area (Å²) < 4.78 is 2.01. The van der Waals surface area contributed by atoms with Crippen molar-refractivity contribution in [3.8, 4) is 5.69 Å². The summed E-state index contributed by atoms with van der Waals surface area (Å²) in [6, 6.07) is 10.3. The highest BCUT2D eigenvalue weighted by molar-refractivity contribution is 5.78. The quantitative estimate of drug-likeness (QED) is 0.690. The monoisotopic (exact) mass is 224 g/mol. The van der Waals surface area contributed by atoms with Crippen molar-refractivity contribution < 1.29 is 0 Å². The van der Waals surface area contributed by atoms with Crippen LogP contribution >= 0.6 is 0 Å². The molecule has 4 heteroatoms. The second kappa shape index (κ2) is 3.59. The van der Waals surface area contributed by atoms with Gasteiger partial charge in [-0.15, -0.1) is 0 Å². The summed E-state index contributed by atoms with van der Waals surface area (Å²) in [5.74, 6) is 0.296. The summed E-state index contributed by atoms with van der Waals surface area (Å²) in [7, 11) is 0. The number of rotatable bonds is 1. The molecule has 84 valence electrons. The van der Waals surface area contributed by atoms with Crippen molar-refractivity contribution in [3.63, 3.8) is 0 Å². The van der Waals surface area contributed by atoms with E-state index in [0.717, 1.165) is 16.7 Å². The lowest BCUT2D eigenvalue weighted by atomic mass is 10.2. The normalized spacial score (nSPS) is 10.9. The van der Waals surface area contributed by atoms with Crippen LogP contribution in [0.25, 0.3) is 16.7 Å². The second-order valence-electron chi connectivity index (χ2n) is 4.03. The van der Waals surface area contributed by atoms with Gasteiger partial charge in [0, 0.05) is 23.5 Å². The van der Waals surface area contributed by atoms with Gasteiger partial charge >= 0.3 is 0 Å². The zero-order chi connectivity index (χ0) is 11.8. The Hall–Kier alpha value is -2.36. The lowest BCUT2D eigenvalue weighted by Gasteiger charge is -2.05. The standard InChI is InChI=1S/C13H12N4/c1-9-2-4-11(5-3-9)17-7-6-10-8-15-13(14)16-12(10)17/h2-8H,1H3,(H2,14,15,16). The van der Waals surface area contributed by atoms with Crippen LogP contribution in [0.4, 0.5) is 5.95 Å². The number of anilines is 1. The van der Waals surface area contributed by atoms with Crippen molar-refractivity contribution in [1.29, 1.82) is 0 Å². The Balaban J connectivity index is 2.23. The fraction of sp³-hybridized carbons (Fsp3) is 0.0769. The number of hydrogen-bond acceptors (Lipinski definition) is 3. The van der Waals surface area contributed by atoms with Crippen LogP contribution in [0, 0.1) is 6.92 Å². The molecule has 0 aliphatic carbocycles. The van der Waals surface area contributed by atoms with Crippen molar-refractivity contribution in [2.24, 2.45) is 0 Å². The largest absolute Gasteiger partial charge is 0.368 e. The van der Waals surface area contributed by atoms with Gasteiger partial charge in [0.1, 0.15) is 5.65 Å². The lowest BCUT2D eigenvalue weighted by molar-refractivity contribution is 1.08. The van der Waals surface area contributed by atoms with E-state index in [-0.39, 0.29) is 0 Å². The van der Waals surface area contributed by atoms with Crippen molar-refractivity contribution in [1.82, 2.24) is 14.5 Å². The Bertz CT molecular complexity index is 667. The highest BCUT2D eigenvalue weighted by atomic mass is 15.1. The van der Waals surface area contributed by atoms with E-state index in [2.05, 4.69) is 41.2 Å². The molecule has 17 heavy (non-hydrogen) atoms. The van der Waals surface area contributed by atoms with Gasteiger partial charge in [0.2, 0.25) is 5.95 Å². The molecule has 0 aliphatic rings. The van der Waals surface area contributed by atoms with Crippen molar-refractivity contribution in [2.75, 3.05) is 5.73 Å². The van der Waals surface area contributed by atoms with Gasteiger partial charge in [0.15, 0.2) is 0 Å². The van der Waals surface area contributed by atoms with E-state index in [1.807, 2.05) is 16.8 Å². The highest BCUT2D eigenvalue weighted by Crippen LogP contribution is 2.18. The summed E-state index contributed by atoms with van der Waals surface area (Å²) in [5, 5.41) is 0.986. The van der Waals surface area contributed by atoms with E-state index >= 15 is 0 Å². The first-order valence-electron chi connectivity index (χ1n) is 5.41. The van der Waals surface area contributed by atoms with E-state index in [9.17, 15) is 0 Å². The number of nitrogens with two attached hydrogens (primary N) is 1. The third-order valence-electron chi connectivity index (χ3n) is 2.76. The first kappa shape index (κ1) is 9.84. The van der Waals surface area contributed by atoms with Crippen LogP contribution in [0.3, 0.4) is 0 Å². The maximum Gasteiger partial charge on any atom is 0.221 e. The zero-order valence-electron chi connectivity index (χ0n) is 9.46. The summed E-state index contributed by atoms with van der Waals surface area (Å²) in [5.41, 5.74) is 8.76. The molecule has 2 heterocycles. The van der Waals surface area contributed by atoms with Gasteiger partial charge < -0.3 is 10.3 Å². The molecule has 1 aromatic carbocycles. The SMILES string of the molecule is Cc1ccc(-n2ccc3cnc(N)nc32)cc1. The first-order chi connectivity index (χ1) is 8.24. The molecule has 0 spiro atoms. The van der Waals surface area contributed by atoms with E-state index in [0.29, 0.717) is 5.95 Å². The van der Waals surface area contributed by atoms with Crippen LogP contribution in [-0.4, -0.2) is 14.5 Å². The molecule has 0 aliphatic heterocycles. The number of nitrogen functional groups attached to an aromatic ring is 1. The second-order valence-corrected chi connectivity index (χ2v) is 4.03.